The highest BCUT2D eigenvalue weighted by Gasteiger charge is 2.35. The molecular weight excluding hydrogens is 506 g/mol. The Morgan fingerprint density at radius 1 is 0.800 bits per heavy atom. The topological polar surface area (TPSA) is 103 Å². The van der Waals surface area contributed by atoms with Gasteiger partial charge in [0.05, 0.1) is 6.61 Å². The summed E-state index contributed by atoms with van der Waals surface area (Å²) in [4.78, 5) is 2.14. The Morgan fingerprint density at radius 2 is 1.38 bits per heavy atom. The Labute approximate surface area is 233 Å². The standard InChI is InChI=1S/C33H33NO6/c1-33(2)31-6-4-3-5-29(31)30-16-11-24(17-32(30)33)34(22-7-12-27(13-8-22)39-20-25(37)18-35)23-9-14-28(15-10-23)40-21-26(38)19-36/h3-18,26,35-38H,19-21H2,1-2H3/b25-18+. The number of aliphatic hydroxyl groups is 4. The molecule has 40 heavy (non-hydrogen) atoms. The molecule has 1 aliphatic rings. The van der Waals surface area contributed by atoms with E-state index in [1.165, 1.54) is 22.3 Å². The fourth-order valence-corrected chi connectivity index (χ4v) is 5.10. The van der Waals surface area contributed by atoms with Crippen molar-refractivity contribution in [3.8, 4) is 22.6 Å². The SMILES string of the molecule is CC1(C)c2ccccc2-c2ccc(N(c3ccc(OC/C(O)=C\O)cc3)c3ccc(OCC(O)CO)cc3)cc21. The Balaban J connectivity index is 1.52. The smallest absolute Gasteiger partial charge is 0.164 e. The number of rotatable bonds is 10. The van der Waals surface area contributed by atoms with Crippen LogP contribution in [0.2, 0.25) is 0 Å². The van der Waals surface area contributed by atoms with Crippen LogP contribution in [0.25, 0.3) is 11.1 Å². The van der Waals surface area contributed by atoms with Gasteiger partial charge in [0, 0.05) is 22.5 Å². The molecule has 0 bridgehead atoms. The molecule has 4 aromatic carbocycles. The van der Waals surface area contributed by atoms with Gasteiger partial charge >= 0.3 is 0 Å². The number of benzene rings is 4. The monoisotopic (exact) mass is 539 g/mol. The van der Waals surface area contributed by atoms with Gasteiger partial charge < -0.3 is 34.8 Å². The molecule has 7 nitrogen and oxygen atoms in total. The third-order valence-electron chi connectivity index (χ3n) is 7.20. The molecule has 0 radical (unpaired) electrons. The average molecular weight is 540 g/mol. The zero-order valence-corrected chi connectivity index (χ0v) is 22.5. The molecule has 0 fully saturated rings. The second-order valence-electron chi connectivity index (χ2n) is 10.3. The summed E-state index contributed by atoms with van der Waals surface area (Å²) in [6.45, 7) is 4.01. The van der Waals surface area contributed by atoms with E-state index in [0.29, 0.717) is 17.8 Å². The van der Waals surface area contributed by atoms with Crippen molar-refractivity contribution in [1.82, 2.24) is 0 Å². The van der Waals surface area contributed by atoms with E-state index in [4.69, 9.17) is 19.7 Å². The molecular formula is C33H33NO6. The fourth-order valence-electron chi connectivity index (χ4n) is 5.10. The Morgan fingerprint density at radius 3 is 2.00 bits per heavy atom. The van der Waals surface area contributed by atoms with Crippen LogP contribution in [0, 0.1) is 0 Å². The van der Waals surface area contributed by atoms with Crippen molar-refractivity contribution >= 4 is 17.1 Å². The maximum atomic E-state index is 9.63. The summed E-state index contributed by atoms with van der Waals surface area (Å²) in [5.74, 6) is 0.873. The first kappa shape index (κ1) is 27.1. The minimum absolute atomic E-state index is 0.00249. The number of hydrogen-bond donors (Lipinski definition) is 4. The first-order valence-electron chi connectivity index (χ1n) is 13.1. The van der Waals surface area contributed by atoms with Gasteiger partial charge in [-0.15, -0.1) is 0 Å². The van der Waals surface area contributed by atoms with Crippen LogP contribution in [0.3, 0.4) is 0 Å². The largest absolute Gasteiger partial charge is 0.512 e. The quantitative estimate of drug-likeness (QED) is 0.170. The molecule has 0 saturated carbocycles. The van der Waals surface area contributed by atoms with Crippen LogP contribution in [0.5, 0.6) is 11.5 Å². The number of fused-ring (bicyclic) bond motifs is 3. The highest BCUT2D eigenvalue weighted by atomic mass is 16.5. The van der Waals surface area contributed by atoms with E-state index in [0.717, 1.165) is 17.1 Å². The number of ether oxygens (including phenoxy) is 2. The zero-order chi connectivity index (χ0) is 28.3. The minimum atomic E-state index is -0.939. The van der Waals surface area contributed by atoms with Crippen molar-refractivity contribution in [3.05, 3.63) is 114 Å². The van der Waals surface area contributed by atoms with E-state index in [2.05, 4.69) is 61.2 Å². The lowest BCUT2D eigenvalue weighted by Crippen LogP contribution is -2.21. The number of aliphatic hydroxyl groups excluding tert-OH is 4. The summed E-state index contributed by atoms with van der Waals surface area (Å²) < 4.78 is 11.2. The predicted molar refractivity (Wildman–Crippen MR) is 156 cm³/mol. The molecule has 4 aromatic rings. The summed E-state index contributed by atoms with van der Waals surface area (Å²) in [7, 11) is 0. The second kappa shape index (κ2) is 11.3. The molecule has 7 heteroatoms. The highest BCUT2D eigenvalue weighted by molar-refractivity contribution is 5.85. The molecule has 206 valence electrons. The summed E-state index contributed by atoms with van der Waals surface area (Å²) in [6.07, 6.45) is -0.327. The highest BCUT2D eigenvalue weighted by Crippen LogP contribution is 2.50. The van der Waals surface area contributed by atoms with Crippen molar-refractivity contribution in [1.29, 1.82) is 0 Å². The van der Waals surface area contributed by atoms with E-state index in [1.807, 2.05) is 48.5 Å². The van der Waals surface area contributed by atoms with Crippen LogP contribution in [-0.2, 0) is 5.41 Å². The van der Waals surface area contributed by atoms with Crippen LogP contribution < -0.4 is 14.4 Å². The maximum absolute atomic E-state index is 9.63. The zero-order valence-electron chi connectivity index (χ0n) is 22.5. The molecule has 0 heterocycles. The predicted octanol–water partition coefficient (Wildman–Crippen LogP) is 6.53. The number of anilines is 3. The molecule has 4 N–H and O–H groups in total. The van der Waals surface area contributed by atoms with Crippen LogP contribution in [-0.4, -0.2) is 46.4 Å². The van der Waals surface area contributed by atoms with Crippen LogP contribution in [0.15, 0.2) is 103 Å². The van der Waals surface area contributed by atoms with Crippen molar-refractivity contribution < 1.29 is 29.9 Å². The van der Waals surface area contributed by atoms with Gasteiger partial charge in [-0.25, -0.2) is 0 Å². The number of hydrogen-bond acceptors (Lipinski definition) is 7. The summed E-state index contributed by atoms with van der Waals surface area (Å²) in [6, 6.07) is 30.1. The van der Waals surface area contributed by atoms with Gasteiger partial charge in [0.1, 0.15) is 37.1 Å². The lowest BCUT2D eigenvalue weighted by Gasteiger charge is -2.28. The van der Waals surface area contributed by atoms with E-state index < -0.39 is 6.10 Å². The van der Waals surface area contributed by atoms with Gasteiger partial charge in [-0.2, -0.15) is 0 Å². The molecule has 5 rings (SSSR count). The van der Waals surface area contributed by atoms with Crippen LogP contribution in [0.1, 0.15) is 25.0 Å². The van der Waals surface area contributed by atoms with Crippen molar-refractivity contribution in [2.75, 3.05) is 24.7 Å². The van der Waals surface area contributed by atoms with Crippen LogP contribution in [0.4, 0.5) is 17.1 Å². The average Bonchev–Trinajstić information content (AvgIpc) is 3.22. The Hall–Kier alpha value is -4.46. The molecule has 1 unspecified atom stereocenters. The van der Waals surface area contributed by atoms with Gasteiger partial charge in [-0.3, -0.25) is 0 Å². The van der Waals surface area contributed by atoms with Crippen molar-refractivity contribution in [2.45, 2.75) is 25.4 Å². The minimum Gasteiger partial charge on any atom is -0.512 e. The van der Waals surface area contributed by atoms with Crippen LogP contribution >= 0.6 is 0 Å². The second-order valence-corrected chi connectivity index (χ2v) is 10.3. The van der Waals surface area contributed by atoms with Gasteiger partial charge in [0.2, 0.25) is 0 Å². The van der Waals surface area contributed by atoms with E-state index in [-0.39, 0.29) is 31.0 Å². The molecule has 0 aliphatic heterocycles. The fraction of sp³-hybridized carbons (Fsp3) is 0.212. The normalized spacial score (nSPS) is 14.2. The van der Waals surface area contributed by atoms with Gasteiger partial charge in [-0.05, 0) is 82.9 Å². The van der Waals surface area contributed by atoms with Crippen molar-refractivity contribution in [3.63, 3.8) is 0 Å². The Bertz CT molecular complexity index is 1490. The summed E-state index contributed by atoms with van der Waals surface area (Å²) in [5, 5.41) is 37.1. The molecule has 1 atom stereocenters. The molecule has 0 aromatic heterocycles. The lowest BCUT2D eigenvalue weighted by molar-refractivity contribution is 0.0536. The Kier molecular flexibility index (Phi) is 7.69. The number of nitrogens with zero attached hydrogens (tertiary/aromatic N) is 1. The van der Waals surface area contributed by atoms with E-state index in [1.54, 1.807) is 0 Å². The van der Waals surface area contributed by atoms with Gasteiger partial charge in [0.25, 0.3) is 0 Å². The molecule has 0 saturated heterocycles. The third-order valence-corrected chi connectivity index (χ3v) is 7.20. The van der Waals surface area contributed by atoms with Crippen molar-refractivity contribution in [2.24, 2.45) is 0 Å². The third kappa shape index (κ3) is 5.34. The lowest BCUT2D eigenvalue weighted by atomic mass is 9.82. The van der Waals surface area contributed by atoms with Gasteiger partial charge in [-0.1, -0.05) is 44.2 Å². The molecule has 1 aliphatic carbocycles. The van der Waals surface area contributed by atoms with E-state index in [9.17, 15) is 10.2 Å². The first-order chi connectivity index (χ1) is 19.3. The van der Waals surface area contributed by atoms with Gasteiger partial charge in [0.15, 0.2) is 5.76 Å². The van der Waals surface area contributed by atoms with E-state index >= 15 is 0 Å². The molecule has 0 amide bonds. The summed E-state index contributed by atoms with van der Waals surface area (Å²) in [5.41, 5.74) is 7.68. The maximum Gasteiger partial charge on any atom is 0.164 e. The molecule has 0 spiro atoms. The first-order valence-corrected chi connectivity index (χ1v) is 13.1. The summed E-state index contributed by atoms with van der Waals surface area (Å²) >= 11 is 0.